The molecule has 1 heterocycles. The highest BCUT2D eigenvalue weighted by Crippen LogP contribution is 2.18. The van der Waals surface area contributed by atoms with Gasteiger partial charge in [-0.25, -0.2) is 4.39 Å². The Labute approximate surface area is 121 Å². The van der Waals surface area contributed by atoms with Gasteiger partial charge in [-0.15, -0.1) is 0 Å². The smallest absolute Gasteiger partial charge is 0.246 e. The SMILES string of the molecule is Cc1ccc(F)cc1NCc1nc(-c2ccccc2)no1. The van der Waals surface area contributed by atoms with Crippen molar-refractivity contribution < 1.29 is 8.91 Å². The van der Waals surface area contributed by atoms with Gasteiger partial charge in [0.25, 0.3) is 0 Å². The van der Waals surface area contributed by atoms with Crippen molar-refractivity contribution in [3.05, 3.63) is 65.8 Å². The second kappa shape index (κ2) is 5.75. The predicted molar refractivity (Wildman–Crippen MR) is 78.2 cm³/mol. The van der Waals surface area contributed by atoms with E-state index in [1.165, 1.54) is 12.1 Å². The van der Waals surface area contributed by atoms with Crippen LogP contribution in [0.4, 0.5) is 10.1 Å². The molecule has 0 aliphatic rings. The zero-order valence-electron chi connectivity index (χ0n) is 11.5. The van der Waals surface area contributed by atoms with Crippen molar-refractivity contribution in [3.8, 4) is 11.4 Å². The van der Waals surface area contributed by atoms with Crippen LogP contribution in [0.3, 0.4) is 0 Å². The van der Waals surface area contributed by atoms with E-state index in [-0.39, 0.29) is 5.82 Å². The van der Waals surface area contributed by atoms with Gasteiger partial charge in [0.1, 0.15) is 5.82 Å². The number of hydrogen-bond donors (Lipinski definition) is 1. The fraction of sp³-hybridized carbons (Fsp3) is 0.125. The third-order valence-electron chi connectivity index (χ3n) is 3.13. The van der Waals surface area contributed by atoms with Gasteiger partial charge >= 0.3 is 0 Å². The minimum Gasteiger partial charge on any atom is -0.376 e. The molecule has 0 aliphatic carbocycles. The van der Waals surface area contributed by atoms with Gasteiger partial charge in [0.05, 0.1) is 6.54 Å². The van der Waals surface area contributed by atoms with E-state index in [9.17, 15) is 4.39 Å². The first-order chi connectivity index (χ1) is 10.2. The lowest BCUT2D eigenvalue weighted by molar-refractivity contribution is 0.384. The van der Waals surface area contributed by atoms with Crippen LogP contribution in [-0.4, -0.2) is 10.1 Å². The van der Waals surface area contributed by atoms with Crippen LogP contribution in [0.5, 0.6) is 0 Å². The van der Waals surface area contributed by atoms with Crippen molar-refractivity contribution in [1.82, 2.24) is 10.1 Å². The molecule has 3 aromatic rings. The summed E-state index contributed by atoms with van der Waals surface area (Å²) in [5.41, 5.74) is 2.57. The number of anilines is 1. The van der Waals surface area contributed by atoms with Crippen molar-refractivity contribution in [2.24, 2.45) is 0 Å². The summed E-state index contributed by atoms with van der Waals surface area (Å²) in [5, 5.41) is 7.04. The maximum absolute atomic E-state index is 13.2. The van der Waals surface area contributed by atoms with Crippen LogP contribution < -0.4 is 5.32 Å². The first-order valence-corrected chi connectivity index (χ1v) is 6.60. The number of hydrogen-bond acceptors (Lipinski definition) is 4. The van der Waals surface area contributed by atoms with Gasteiger partial charge in [0.15, 0.2) is 0 Å². The first-order valence-electron chi connectivity index (χ1n) is 6.60. The summed E-state index contributed by atoms with van der Waals surface area (Å²) in [6.45, 7) is 2.26. The maximum Gasteiger partial charge on any atom is 0.246 e. The summed E-state index contributed by atoms with van der Waals surface area (Å²) in [7, 11) is 0. The van der Waals surface area contributed by atoms with E-state index in [0.29, 0.717) is 18.3 Å². The highest BCUT2D eigenvalue weighted by Gasteiger charge is 2.08. The van der Waals surface area contributed by atoms with Gasteiger partial charge in [0, 0.05) is 11.3 Å². The predicted octanol–water partition coefficient (Wildman–Crippen LogP) is 3.80. The largest absolute Gasteiger partial charge is 0.376 e. The molecule has 21 heavy (non-hydrogen) atoms. The van der Waals surface area contributed by atoms with Crippen molar-refractivity contribution in [1.29, 1.82) is 0 Å². The molecule has 0 aliphatic heterocycles. The normalized spacial score (nSPS) is 10.6. The van der Waals surface area contributed by atoms with Crippen LogP contribution in [0.25, 0.3) is 11.4 Å². The third kappa shape index (κ3) is 3.08. The molecule has 0 amide bonds. The summed E-state index contributed by atoms with van der Waals surface area (Å²) >= 11 is 0. The maximum atomic E-state index is 13.2. The number of halogens is 1. The molecule has 0 unspecified atom stereocenters. The zero-order valence-corrected chi connectivity index (χ0v) is 11.5. The van der Waals surface area contributed by atoms with E-state index in [1.807, 2.05) is 37.3 Å². The molecule has 1 N–H and O–H groups in total. The van der Waals surface area contributed by atoms with E-state index in [0.717, 1.165) is 16.8 Å². The molecule has 0 spiro atoms. The second-order valence-electron chi connectivity index (χ2n) is 4.69. The quantitative estimate of drug-likeness (QED) is 0.791. The molecular formula is C16H14FN3O. The highest BCUT2D eigenvalue weighted by atomic mass is 19.1. The Balaban J connectivity index is 1.72. The number of aromatic nitrogens is 2. The average molecular weight is 283 g/mol. The molecule has 3 rings (SSSR count). The molecule has 4 nitrogen and oxygen atoms in total. The standard InChI is InChI=1S/C16H14FN3O/c1-11-7-8-13(17)9-14(11)18-10-15-19-16(20-21-15)12-5-3-2-4-6-12/h2-9,18H,10H2,1H3. The highest BCUT2D eigenvalue weighted by molar-refractivity contribution is 5.54. The van der Waals surface area contributed by atoms with E-state index in [2.05, 4.69) is 15.5 Å². The van der Waals surface area contributed by atoms with E-state index in [1.54, 1.807) is 6.07 Å². The van der Waals surface area contributed by atoms with Gasteiger partial charge in [-0.1, -0.05) is 41.6 Å². The summed E-state index contributed by atoms with van der Waals surface area (Å²) in [6.07, 6.45) is 0. The van der Waals surface area contributed by atoms with Gasteiger partial charge in [-0.3, -0.25) is 0 Å². The molecular weight excluding hydrogens is 269 g/mol. The molecule has 0 atom stereocenters. The van der Waals surface area contributed by atoms with Gasteiger partial charge < -0.3 is 9.84 Å². The topological polar surface area (TPSA) is 51.0 Å². The summed E-state index contributed by atoms with van der Waals surface area (Å²) in [5.74, 6) is 0.722. The number of nitrogens with zero attached hydrogens (tertiary/aromatic N) is 2. The fourth-order valence-electron chi connectivity index (χ4n) is 1.99. The lowest BCUT2D eigenvalue weighted by atomic mass is 10.2. The van der Waals surface area contributed by atoms with Crippen LogP contribution >= 0.6 is 0 Å². The number of nitrogens with one attached hydrogen (secondary N) is 1. The Morgan fingerprint density at radius 3 is 2.76 bits per heavy atom. The molecule has 2 aromatic carbocycles. The minimum absolute atomic E-state index is 0.279. The summed E-state index contributed by atoms with van der Waals surface area (Å²) in [6, 6.07) is 14.2. The van der Waals surface area contributed by atoms with Crippen molar-refractivity contribution in [2.45, 2.75) is 13.5 Å². The van der Waals surface area contributed by atoms with E-state index in [4.69, 9.17) is 4.52 Å². The van der Waals surface area contributed by atoms with Crippen molar-refractivity contribution in [2.75, 3.05) is 5.32 Å². The Bertz CT molecular complexity index is 740. The number of aryl methyl sites for hydroxylation is 1. The molecule has 0 radical (unpaired) electrons. The van der Waals surface area contributed by atoms with Crippen molar-refractivity contribution in [3.63, 3.8) is 0 Å². The van der Waals surface area contributed by atoms with Gasteiger partial charge in [-0.2, -0.15) is 4.98 Å². The van der Waals surface area contributed by atoms with Crippen LogP contribution in [-0.2, 0) is 6.54 Å². The van der Waals surface area contributed by atoms with Crippen molar-refractivity contribution >= 4 is 5.69 Å². The van der Waals surface area contributed by atoms with E-state index >= 15 is 0 Å². The fourth-order valence-corrected chi connectivity index (χ4v) is 1.99. The molecule has 0 fully saturated rings. The summed E-state index contributed by atoms with van der Waals surface area (Å²) in [4.78, 5) is 4.31. The Morgan fingerprint density at radius 1 is 1.14 bits per heavy atom. The number of rotatable bonds is 4. The van der Waals surface area contributed by atoms with Crippen LogP contribution in [0.1, 0.15) is 11.5 Å². The molecule has 106 valence electrons. The van der Waals surface area contributed by atoms with Gasteiger partial charge in [-0.05, 0) is 24.6 Å². The monoisotopic (exact) mass is 283 g/mol. The second-order valence-corrected chi connectivity index (χ2v) is 4.69. The van der Waals surface area contributed by atoms with E-state index < -0.39 is 0 Å². The number of benzene rings is 2. The lowest BCUT2D eigenvalue weighted by Gasteiger charge is -2.06. The minimum atomic E-state index is -0.279. The van der Waals surface area contributed by atoms with Crippen LogP contribution in [0, 0.1) is 12.7 Å². The average Bonchev–Trinajstić information content (AvgIpc) is 2.98. The third-order valence-corrected chi connectivity index (χ3v) is 3.13. The molecule has 5 heteroatoms. The molecule has 0 saturated carbocycles. The first kappa shape index (κ1) is 13.3. The van der Waals surface area contributed by atoms with Crippen LogP contribution in [0.2, 0.25) is 0 Å². The molecule has 1 aromatic heterocycles. The van der Waals surface area contributed by atoms with Crippen LogP contribution in [0.15, 0.2) is 53.1 Å². The Kier molecular flexibility index (Phi) is 3.64. The Morgan fingerprint density at radius 2 is 1.95 bits per heavy atom. The zero-order chi connectivity index (χ0) is 14.7. The Hall–Kier alpha value is -2.69. The lowest BCUT2D eigenvalue weighted by Crippen LogP contribution is -2.01. The van der Waals surface area contributed by atoms with Gasteiger partial charge in [0.2, 0.25) is 11.7 Å². The summed E-state index contributed by atoms with van der Waals surface area (Å²) < 4.78 is 18.4. The molecule has 0 bridgehead atoms. The molecule has 0 saturated heterocycles.